The van der Waals surface area contributed by atoms with Gasteiger partial charge in [-0.2, -0.15) is 11.8 Å². The Bertz CT molecular complexity index is 540. The van der Waals surface area contributed by atoms with Gasteiger partial charge in [0.15, 0.2) is 5.82 Å². The second kappa shape index (κ2) is 7.82. The van der Waals surface area contributed by atoms with E-state index in [2.05, 4.69) is 10.6 Å². The average molecular weight is 315 g/mol. The van der Waals surface area contributed by atoms with Crippen LogP contribution in [0.25, 0.3) is 0 Å². The summed E-state index contributed by atoms with van der Waals surface area (Å²) in [7, 11) is 1.48. The Morgan fingerprint density at radius 2 is 2.19 bits per heavy atom. The summed E-state index contributed by atoms with van der Waals surface area (Å²) in [6.45, 7) is 2.37. The van der Waals surface area contributed by atoms with Crippen LogP contribution in [0, 0.1) is 21.8 Å². The SMILES string of the molecule is CNc1cc(C(=O)NCC(C)CSC)c([N+](=O)[O-])cc1F. The van der Waals surface area contributed by atoms with Gasteiger partial charge in [-0.1, -0.05) is 6.92 Å². The van der Waals surface area contributed by atoms with Gasteiger partial charge in [0.1, 0.15) is 5.56 Å². The lowest BCUT2D eigenvalue weighted by molar-refractivity contribution is -0.385. The number of anilines is 1. The smallest absolute Gasteiger partial charge is 0.285 e. The number of amides is 1. The maximum absolute atomic E-state index is 13.6. The normalized spacial score (nSPS) is 11.8. The molecule has 0 fully saturated rings. The van der Waals surface area contributed by atoms with Gasteiger partial charge in [-0.25, -0.2) is 4.39 Å². The number of nitro groups is 1. The van der Waals surface area contributed by atoms with Crippen molar-refractivity contribution in [1.29, 1.82) is 0 Å². The average Bonchev–Trinajstić information content (AvgIpc) is 2.44. The Hall–Kier alpha value is -1.83. The van der Waals surface area contributed by atoms with Crippen molar-refractivity contribution in [3.05, 3.63) is 33.6 Å². The summed E-state index contributed by atoms with van der Waals surface area (Å²) in [5.41, 5.74) is -0.647. The molecule has 0 bridgehead atoms. The highest BCUT2D eigenvalue weighted by atomic mass is 32.2. The predicted octanol–water partition coefficient (Wildman–Crippen LogP) is 2.50. The fraction of sp³-hybridized carbons (Fsp3) is 0.462. The summed E-state index contributed by atoms with van der Waals surface area (Å²) in [6, 6.07) is 1.91. The van der Waals surface area contributed by atoms with E-state index in [0.717, 1.165) is 17.9 Å². The van der Waals surface area contributed by atoms with Gasteiger partial charge in [-0.15, -0.1) is 0 Å². The van der Waals surface area contributed by atoms with Crippen LogP contribution < -0.4 is 10.6 Å². The van der Waals surface area contributed by atoms with E-state index in [9.17, 15) is 19.3 Å². The Morgan fingerprint density at radius 3 is 2.71 bits per heavy atom. The minimum atomic E-state index is -0.767. The van der Waals surface area contributed by atoms with Crippen LogP contribution in [0.5, 0.6) is 0 Å². The predicted molar refractivity (Wildman–Crippen MR) is 82.5 cm³/mol. The number of hydrogen-bond acceptors (Lipinski definition) is 5. The number of halogens is 1. The van der Waals surface area contributed by atoms with Gasteiger partial charge in [0.25, 0.3) is 11.6 Å². The zero-order chi connectivity index (χ0) is 16.0. The van der Waals surface area contributed by atoms with Crippen LogP contribution in [0.2, 0.25) is 0 Å². The number of benzene rings is 1. The van der Waals surface area contributed by atoms with Crippen LogP contribution in [0.15, 0.2) is 12.1 Å². The molecule has 0 aliphatic rings. The molecule has 116 valence electrons. The summed E-state index contributed by atoms with van der Waals surface area (Å²) >= 11 is 1.65. The Balaban J connectivity index is 2.99. The molecular formula is C13H18FN3O3S. The largest absolute Gasteiger partial charge is 0.386 e. The molecule has 6 nitrogen and oxygen atoms in total. The van der Waals surface area contributed by atoms with Gasteiger partial charge in [-0.05, 0) is 24.0 Å². The third-order valence-corrected chi connectivity index (χ3v) is 3.76. The van der Waals surface area contributed by atoms with Crippen molar-refractivity contribution in [2.45, 2.75) is 6.92 Å². The summed E-state index contributed by atoms with van der Waals surface area (Å²) in [5.74, 6) is -0.233. The van der Waals surface area contributed by atoms with E-state index in [-0.39, 0.29) is 17.2 Å². The lowest BCUT2D eigenvalue weighted by Gasteiger charge is -2.12. The molecule has 1 amide bonds. The number of hydrogen-bond donors (Lipinski definition) is 2. The highest BCUT2D eigenvalue weighted by Crippen LogP contribution is 2.25. The molecule has 1 aromatic carbocycles. The molecule has 21 heavy (non-hydrogen) atoms. The molecule has 0 aromatic heterocycles. The molecular weight excluding hydrogens is 297 g/mol. The quantitative estimate of drug-likeness (QED) is 0.596. The first-order valence-electron chi connectivity index (χ1n) is 6.33. The summed E-state index contributed by atoms with van der Waals surface area (Å²) in [5, 5.41) is 16.2. The van der Waals surface area contributed by atoms with E-state index in [1.54, 1.807) is 11.8 Å². The standard InChI is InChI=1S/C13H18FN3O3S/c1-8(7-21-3)6-16-13(18)9-4-11(15-2)10(14)5-12(9)17(19)20/h4-5,8,15H,6-7H2,1-3H3,(H,16,18). The van der Waals surface area contributed by atoms with Crippen molar-refractivity contribution in [3.63, 3.8) is 0 Å². The number of carbonyl (C=O) groups excluding carboxylic acids is 1. The highest BCUT2D eigenvalue weighted by Gasteiger charge is 2.23. The first-order chi connectivity index (χ1) is 9.90. The van der Waals surface area contributed by atoms with E-state index in [1.807, 2.05) is 13.2 Å². The van der Waals surface area contributed by atoms with Crippen molar-refractivity contribution >= 4 is 29.0 Å². The molecule has 0 heterocycles. The number of carbonyl (C=O) groups is 1. The Morgan fingerprint density at radius 1 is 1.52 bits per heavy atom. The van der Waals surface area contributed by atoms with E-state index >= 15 is 0 Å². The molecule has 2 N–H and O–H groups in total. The molecule has 8 heteroatoms. The van der Waals surface area contributed by atoms with E-state index in [1.165, 1.54) is 7.05 Å². The van der Waals surface area contributed by atoms with Crippen LogP contribution in [0.1, 0.15) is 17.3 Å². The van der Waals surface area contributed by atoms with Gasteiger partial charge < -0.3 is 10.6 Å². The zero-order valence-electron chi connectivity index (χ0n) is 12.1. The van der Waals surface area contributed by atoms with Crippen LogP contribution in [0.3, 0.4) is 0 Å². The Kier molecular flexibility index (Phi) is 6.41. The topological polar surface area (TPSA) is 84.3 Å². The number of nitro benzene ring substituents is 1. The molecule has 1 rings (SSSR count). The minimum Gasteiger partial charge on any atom is -0.386 e. The van der Waals surface area contributed by atoms with E-state index in [4.69, 9.17) is 0 Å². The van der Waals surface area contributed by atoms with Crippen LogP contribution in [-0.2, 0) is 0 Å². The number of nitrogens with one attached hydrogen (secondary N) is 2. The van der Waals surface area contributed by atoms with Gasteiger partial charge in [0.2, 0.25) is 0 Å². The summed E-state index contributed by atoms with van der Waals surface area (Å²) in [4.78, 5) is 22.3. The molecule has 0 radical (unpaired) electrons. The van der Waals surface area contributed by atoms with Crippen molar-refractivity contribution in [1.82, 2.24) is 5.32 Å². The fourth-order valence-corrected chi connectivity index (χ4v) is 2.48. The van der Waals surface area contributed by atoms with Crippen LogP contribution >= 0.6 is 11.8 Å². The zero-order valence-corrected chi connectivity index (χ0v) is 12.9. The first kappa shape index (κ1) is 17.2. The number of thioether (sulfide) groups is 1. The second-order valence-corrected chi connectivity index (χ2v) is 5.54. The third kappa shape index (κ3) is 4.59. The maximum atomic E-state index is 13.6. The first-order valence-corrected chi connectivity index (χ1v) is 7.72. The second-order valence-electron chi connectivity index (χ2n) is 4.63. The molecule has 0 aliphatic carbocycles. The highest BCUT2D eigenvalue weighted by molar-refractivity contribution is 7.98. The van der Waals surface area contributed by atoms with Gasteiger partial charge >= 0.3 is 0 Å². The maximum Gasteiger partial charge on any atom is 0.285 e. The molecule has 1 unspecified atom stereocenters. The van der Waals surface area contributed by atoms with Gasteiger partial charge in [-0.3, -0.25) is 14.9 Å². The third-order valence-electron chi connectivity index (χ3n) is 2.86. The van der Waals surface area contributed by atoms with Crippen molar-refractivity contribution in [2.75, 3.05) is 30.9 Å². The summed E-state index contributed by atoms with van der Waals surface area (Å²) in [6.07, 6.45) is 1.96. The van der Waals surface area contributed by atoms with Crippen molar-refractivity contribution in [3.8, 4) is 0 Å². The van der Waals surface area contributed by atoms with E-state index < -0.39 is 22.3 Å². The lowest BCUT2D eigenvalue weighted by atomic mass is 10.1. The minimum absolute atomic E-state index is 0.0444. The summed E-state index contributed by atoms with van der Waals surface area (Å²) < 4.78 is 13.6. The van der Waals surface area contributed by atoms with Crippen molar-refractivity contribution in [2.24, 2.45) is 5.92 Å². The van der Waals surface area contributed by atoms with Gasteiger partial charge in [0, 0.05) is 13.6 Å². The fourth-order valence-electron chi connectivity index (χ4n) is 1.79. The monoisotopic (exact) mass is 315 g/mol. The van der Waals surface area contributed by atoms with E-state index in [0.29, 0.717) is 6.54 Å². The molecule has 0 saturated carbocycles. The van der Waals surface area contributed by atoms with Crippen LogP contribution in [-0.4, -0.2) is 36.4 Å². The molecule has 0 saturated heterocycles. The van der Waals surface area contributed by atoms with Gasteiger partial charge in [0.05, 0.1) is 16.7 Å². The molecule has 0 spiro atoms. The Labute approximate surface area is 126 Å². The number of nitrogens with zero attached hydrogens (tertiary/aromatic N) is 1. The number of rotatable bonds is 7. The van der Waals surface area contributed by atoms with Crippen LogP contribution in [0.4, 0.5) is 15.8 Å². The molecule has 1 aromatic rings. The molecule has 1 atom stereocenters. The van der Waals surface area contributed by atoms with Crippen molar-refractivity contribution < 1.29 is 14.1 Å². The lowest BCUT2D eigenvalue weighted by Crippen LogP contribution is -2.29. The molecule has 0 aliphatic heterocycles.